The second-order valence-electron chi connectivity index (χ2n) is 8.10. The van der Waals surface area contributed by atoms with E-state index in [2.05, 4.69) is 33.3 Å². The Bertz CT molecular complexity index is 1250. The standard InChI is InChI=1S/C24H19F4N3S/c1-31-9-8-16(22-11-14-4-2-3-5-21(14)32-22)17-12-19(25)18(10-15(17)13-31)20-6-7-23(30-29-20)24(26,27)28/h2-7,10-12,16H,8-9,13H2,1H3. The van der Waals surface area contributed by atoms with Crippen molar-refractivity contribution in [3.05, 3.63) is 82.1 Å². The highest BCUT2D eigenvalue weighted by molar-refractivity contribution is 7.19. The van der Waals surface area contributed by atoms with Crippen LogP contribution in [0.1, 0.15) is 34.0 Å². The minimum atomic E-state index is -4.59. The summed E-state index contributed by atoms with van der Waals surface area (Å²) in [5.74, 6) is -0.455. The van der Waals surface area contributed by atoms with Crippen molar-refractivity contribution in [2.24, 2.45) is 0 Å². The van der Waals surface area contributed by atoms with Crippen LogP contribution in [0.3, 0.4) is 0 Å². The van der Waals surface area contributed by atoms with Crippen LogP contribution in [0, 0.1) is 5.82 Å². The molecular formula is C24H19F4N3S. The smallest absolute Gasteiger partial charge is 0.302 e. The molecule has 1 aliphatic rings. The Balaban J connectivity index is 1.58. The van der Waals surface area contributed by atoms with Crippen molar-refractivity contribution in [3.8, 4) is 11.3 Å². The number of alkyl halides is 3. The minimum absolute atomic E-state index is 0.0505. The van der Waals surface area contributed by atoms with Crippen LogP contribution in [-0.4, -0.2) is 28.7 Å². The maximum absolute atomic E-state index is 15.2. The summed E-state index contributed by atoms with van der Waals surface area (Å²) in [6, 6.07) is 15.6. The Morgan fingerprint density at radius 2 is 1.84 bits per heavy atom. The molecule has 3 heterocycles. The Labute approximate surface area is 186 Å². The predicted octanol–water partition coefficient (Wildman–Crippen LogP) is 6.48. The van der Waals surface area contributed by atoms with Crippen LogP contribution in [0.4, 0.5) is 17.6 Å². The number of rotatable bonds is 2. The van der Waals surface area contributed by atoms with E-state index in [-0.39, 0.29) is 17.2 Å². The van der Waals surface area contributed by atoms with Crippen molar-refractivity contribution in [2.45, 2.75) is 25.1 Å². The van der Waals surface area contributed by atoms with Crippen molar-refractivity contribution >= 4 is 21.4 Å². The second kappa shape index (κ2) is 7.94. The molecular weight excluding hydrogens is 438 g/mol. The van der Waals surface area contributed by atoms with Gasteiger partial charge < -0.3 is 4.90 Å². The molecule has 0 spiro atoms. The quantitative estimate of drug-likeness (QED) is 0.323. The number of benzene rings is 2. The molecule has 1 aliphatic heterocycles. The molecule has 5 rings (SSSR count). The monoisotopic (exact) mass is 457 g/mol. The zero-order chi connectivity index (χ0) is 22.5. The summed E-state index contributed by atoms with van der Waals surface area (Å²) in [6.07, 6.45) is -3.73. The third-order valence-electron chi connectivity index (χ3n) is 5.86. The SMILES string of the molecule is CN1CCC(c2cc3ccccc3s2)c2cc(F)c(-c3ccc(C(F)(F)F)nn3)cc2C1. The van der Waals surface area contributed by atoms with Crippen molar-refractivity contribution < 1.29 is 17.6 Å². The molecule has 0 saturated heterocycles. The first-order valence-corrected chi connectivity index (χ1v) is 11.0. The van der Waals surface area contributed by atoms with E-state index < -0.39 is 17.7 Å². The van der Waals surface area contributed by atoms with E-state index in [1.54, 1.807) is 17.4 Å². The molecule has 0 fully saturated rings. The molecule has 2 aromatic carbocycles. The van der Waals surface area contributed by atoms with E-state index in [1.807, 2.05) is 19.2 Å². The van der Waals surface area contributed by atoms with Gasteiger partial charge >= 0.3 is 6.18 Å². The van der Waals surface area contributed by atoms with E-state index in [0.717, 1.165) is 30.2 Å². The summed E-state index contributed by atoms with van der Waals surface area (Å²) in [5, 5.41) is 8.07. The van der Waals surface area contributed by atoms with Crippen LogP contribution >= 0.6 is 11.3 Å². The lowest BCUT2D eigenvalue weighted by atomic mass is 9.89. The molecule has 4 aromatic rings. The van der Waals surface area contributed by atoms with Crippen molar-refractivity contribution in [2.75, 3.05) is 13.6 Å². The van der Waals surface area contributed by atoms with Gasteiger partial charge in [0.15, 0.2) is 5.69 Å². The van der Waals surface area contributed by atoms with Gasteiger partial charge in [0.05, 0.1) is 5.69 Å². The molecule has 32 heavy (non-hydrogen) atoms. The zero-order valence-corrected chi connectivity index (χ0v) is 18.0. The molecule has 1 atom stereocenters. The average molecular weight is 457 g/mol. The van der Waals surface area contributed by atoms with Gasteiger partial charge in [-0.3, -0.25) is 0 Å². The summed E-state index contributed by atoms with van der Waals surface area (Å²) in [6.45, 7) is 1.47. The average Bonchev–Trinajstić information content (AvgIpc) is 3.11. The molecule has 8 heteroatoms. The highest BCUT2D eigenvalue weighted by Gasteiger charge is 2.33. The maximum atomic E-state index is 15.2. The fourth-order valence-electron chi connectivity index (χ4n) is 4.26. The van der Waals surface area contributed by atoms with Gasteiger partial charge in [-0.2, -0.15) is 13.2 Å². The number of halogens is 4. The summed E-state index contributed by atoms with van der Waals surface area (Å²) in [5.41, 5.74) is 1.02. The third-order valence-corrected chi connectivity index (χ3v) is 7.09. The summed E-state index contributed by atoms with van der Waals surface area (Å²) in [7, 11) is 2.01. The topological polar surface area (TPSA) is 29.0 Å². The lowest BCUT2D eigenvalue weighted by Crippen LogP contribution is -2.17. The molecule has 1 unspecified atom stereocenters. The van der Waals surface area contributed by atoms with Crippen LogP contribution in [0.2, 0.25) is 0 Å². The van der Waals surface area contributed by atoms with E-state index in [1.165, 1.54) is 27.1 Å². The Hall–Kier alpha value is -2.84. The summed E-state index contributed by atoms with van der Waals surface area (Å²) in [4.78, 5) is 3.36. The molecule has 0 radical (unpaired) electrons. The largest absolute Gasteiger partial charge is 0.435 e. The molecule has 2 aromatic heterocycles. The lowest BCUT2D eigenvalue weighted by molar-refractivity contribution is -0.141. The van der Waals surface area contributed by atoms with Gasteiger partial charge in [0.1, 0.15) is 5.82 Å². The molecule has 3 nitrogen and oxygen atoms in total. The highest BCUT2D eigenvalue weighted by atomic mass is 32.1. The number of thiophene rings is 1. The van der Waals surface area contributed by atoms with Crippen LogP contribution in [0.5, 0.6) is 0 Å². The van der Waals surface area contributed by atoms with Crippen molar-refractivity contribution in [1.29, 1.82) is 0 Å². The van der Waals surface area contributed by atoms with E-state index >= 15 is 4.39 Å². The Morgan fingerprint density at radius 1 is 1.03 bits per heavy atom. The zero-order valence-electron chi connectivity index (χ0n) is 17.2. The van der Waals surface area contributed by atoms with Crippen molar-refractivity contribution in [1.82, 2.24) is 15.1 Å². The van der Waals surface area contributed by atoms with Gasteiger partial charge in [0.2, 0.25) is 0 Å². The second-order valence-corrected chi connectivity index (χ2v) is 9.21. The molecule has 0 N–H and O–H groups in total. The lowest BCUT2D eigenvalue weighted by Gasteiger charge is -2.17. The molecule has 164 valence electrons. The molecule has 0 saturated carbocycles. The fraction of sp³-hybridized carbons (Fsp3) is 0.250. The Morgan fingerprint density at radius 3 is 2.56 bits per heavy atom. The number of aromatic nitrogens is 2. The van der Waals surface area contributed by atoms with Gasteiger partial charge in [-0.05, 0) is 72.9 Å². The van der Waals surface area contributed by atoms with Crippen LogP contribution in [-0.2, 0) is 12.7 Å². The number of nitrogens with zero attached hydrogens (tertiary/aromatic N) is 3. The van der Waals surface area contributed by atoms with Gasteiger partial charge in [-0.1, -0.05) is 18.2 Å². The normalized spacial score (nSPS) is 17.3. The van der Waals surface area contributed by atoms with Crippen LogP contribution < -0.4 is 0 Å². The highest BCUT2D eigenvalue weighted by Crippen LogP contribution is 2.41. The molecule has 0 aliphatic carbocycles. The predicted molar refractivity (Wildman–Crippen MR) is 117 cm³/mol. The van der Waals surface area contributed by atoms with Crippen LogP contribution in [0.15, 0.2) is 54.6 Å². The number of hydrogen-bond donors (Lipinski definition) is 0. The first kappa shape index (κ1) is 21.0. The molecule has 0 bridgehead atoms. The number of hydrogen-bond acceptors (Lipinski definition) is 4. The maximum Gasteiger partial charge on any atom is 0.435 e. The van der Waals surface area contributed by atoms with E-state index in [9.17, 15) is 13.2 Å². The summed E-state index contributed by atoms with van der Waals surface area (Å²) < 4.78 is 54.9. The first-order valence-electron chi connectivity index (χ1n) is 10.2. The van der Waals surface area contributed by atoms with E-state index in [4.69, 9.17) is 0 Å². The van der Waals surface area contributed by atoms with E-state index in [0.29, 0.717) is 6.54 Å². The van der Waals surface area contributed by atoms with Crippen molar-refractivity contribution in [3.63, 3.8) is 0 Å². The fourth-order valence-corrected chi connectivity index (χ4v) is 5.48. The van der Waals surface area contributed by atoms with Crippen LogP contribution in [0.25, 0.3) is 21.3 Å². The Kier molecular flexibility index (Phi) is 5.22. The third kappa shape index (κ3) is 3.89. The minimum Gasteiger partial charge on any atom is -0.302 e. The first-order chi connectivity index (χ1) is 15.3. The molecule has 0 amide bonds. The van der Waals surface area contributed by atoms with Gasteiger partial charge in [0.25, 0.3) is 0 Å². The number of fused-ring (bicyclic) bond motifs is 2. The van der Waals surface area contributed by atoms with Gasteiger partial charge in [-0.15, -0.1) is 21.5 Å². The van der Waals surface area contributed by atoms with Gasteiger partial charge in [-0.25, -0.2) is 4.39 Å². The van der Waals surface area contributed by atoms with Gasteiger partial charge in [0, 0.05) is 27.6 Å². The summed E-state index contributed by atoms with van der Waals surface area (Å²) >= 11 is 1.72.